The Kier molecular flexibility index (Phi) is 2.11. The van der Waals surface area contributed by atoms with Gasteiger partial charge in [-0.2, -0.15) is 0 Å². The van der Waals surface area contributed by atoms with Crippen LogP contribution in [-0.4, -0.2) is 23.0 Å². The van der Waals surface area contributed by atoms with Gasteiger partial charge in [-0.1, -0.05) is 6.92 Å². The Morgan fingerprint density at radius 3 is 3.20 bits per heavy atom. The first-order chi connectivity index (χ1) is 7.28. The highest BCUT2D eigenvalue weighted by atomic mass is 32.1. The van der Waals surface area contributed by atoms with E-state index in [1.165, 1.54) is 33.8 Å². The highest BCUT2D eigenvalue weighted by molar-refractivity contribution is 7.19. The molecule has 0 aromatic carbocycles. The molecule has 0 atom stereocenters. The molecule has 2 aromatic heterocycles. The number of aromatic amines is 1. The van der Waals surface area contributed by atoms with Gasteiger partial charge >= 0.3 is 0 Å². The molecular formula is C12H16N2S. The topological polar surface area (TPSA) is 19.0 Å². The number of rotatable bonds is 1. The summed E-state index contributed by atoms with van der Waals surface area (Å²) in [5.74, 6) is 0. The van der Waals surface area contributed by atoms with Gasteiger partial charge in [-0.3, -0.25) is 4.90 Å². The second-order valence-electron chi connectivity index (χ2n) is 4.30. The normalized spacial score (nSPS) is 17.2. The van der Waals surface area contributed by atoms with Crippen molar-refractivity contribution in [3.63, 3.8) is 0 Å². The van der Waals surface area contributed by atoms with E-state index in [0.29, 0.717) is 0 Å². The first-order valence-electron chi connectivity index (χ1n) is 5.60. The molecule has 0 aliphatic carbocycles. The molecule has 1 aliphatic rings. The zero-order valence-electron chi connectivity index (χ0n) is 9.26. The number of thiophene rings is 1. The molecule has 1 N–H and O–H groups in total. The monoisotopic (exact) mass is 220 g/mol. The number of hydrogen-bond donors (Lipinski definition) is 1. The van der Waals surface area contributed by atoms with Gasteiger partial charge in [0.15, 0.2) is 0 Å². The average molecular weight is 220 g/mol. The van der Waals surface area contributed by atoms with E-state index in [0.717, 1.165) is 13.1 Å². The Hall–Kier alpha value is -0.800. The zero-order chi connectivity index (χ0) is 10.4. The Morgan fingerprint density at radius 1 is 1.53 bits per heavy atom. The molecule has 0 radical (unpaired) electrons. The van der Waals surface area contributed by atoms with Crippen molar-refractivity contribution in [2.75, 3.05) is 13.1 Å². The Balaban J connectivity index is 2.12. The standard InChI is InChI=1S/C12H16N2S/c1-3-14-5-4-10-9(7-14)12-11(13-10)6-8(2)15-12/h6,13H,3-5,7H2,1-2H3. The lowest BCUT2D eigenvalue weighted by Crippen LogP contribution is -2.29. The summed E-state index contributed by atoms with van der Waals surface area (Å²) < 4.78 is 1.49. The van der Waals surface area contributed by atoms with Crippen molar-refractivity contribution in [1.82, 2.24) is 9.88 Å². The lowest BCUT2D eigenvalue weighted by Gasteiger charge is -2.25. The number of H-pyrrole nitrogens is 1. The fourth-order valence-corrected chi connectivity index (χ4v) is 3.46. The van der Waals surface area contributed by atoms with Crippen LogP contribution in [0.15, 0.2) is 6.07 Å². The molecule has 1 aliphatic heterocycles. The lowest BCUT2D eigenvalue weighted by molar-refractivity contribution is 0.268. The highest BCUT2D eigenvalue weighted by Crippen LogP contribution is 2.33. The van der Waals surface area contributed by atoms with Gasteiger partial charge in [0.05, 0.1) is 10.2 Å². The van der Waals surface area contributed by atoms with Crippen LogP contribution in [0.5, 0.6) is 0 Å². The largest absolute Gasteiger partial charge is 0.357 e. The van der Waals surface area contributed by atoms with E-state index in [2.05, 4.69) is 29.8 Å². The molecule has 3 heteroatoms. The second-order valence-corrected chi connectivity index (χ2v) is 5.56. The van der Waals surface area contributed by atoms with Gasteiger partial charge in [0.25, 0.3) is 0 Å². The summed E-state index contributed by atoms with van der Waals surface area (Å²) in [6.45, 7) is 7.93. The van der Waals surface area contributed by atoms with Crippen molar-refractivity contribution in [3.05, 3.63) is 22.2 Å². The van der Waals surface area contributed by atoms with Gasteiger partial charge < -0.3 is 4.98 Å². The fourth-order valence-electron chi connectivity index (χ4n) is 2.43. The summed E-state index contributed by atoms with van der Waals surface area (Å²) in [7, 11) is 0. The van der Waals surface area contributed by atoms with Crippen LogP contribution in [-0.2, 0) is 13.0 Å². The fraction of sp³-hybridized carbons (Fsp3) is 0.500. The third-order valence-electron chi connectivity index (χ3n) is 3.29. The summed E-state index contributed by atoms with van der Waals surface area (Å²) in [6, 6.07) is 2.27. The SMILES string of the molecule is CCN1CCc2[nH]c3cc(C)sc3c2C1. The molecule has 0 saturated heterocycles. The molecule has 0 fully saturated rings. The van der Waals surface area contributed by atoms with Gasteiger partial charge in [0.1, 0.15) is 0 Å². The van der Waals surface area contributed by atoms with Crippen molar-refractivity contribution in [2.45, 2.75) is 26.8 Å². The third-order valence-corrected chi connectivity index (χ3v) is 4.40. The van der Waals surface area contributed by atoms with Gasteiger partial charge in [-0.15, -0.1) is 11.3 Å². The van der Waals surface area contributed by atoms with Crippen LogP contribution in [0, 0.1) is 6.92 Å². The van der Waals surface area contributed by atoms with E-state index >= 15 is 0 Å². The predicted molar refractivity (Wildman–Crippen MR) is 65.6 cm³/mol. The molecule has 3 heterocycles. The number of nitrogens with zero attached hydrogens (tertiary/aromatic N) is 1. The molecular weight excluding hydrogens is 204 g/mol. The summed E-state index contributed by atoms with van der Waals surface area (Å²) in [6.07, 6.45) is 1.18. The van der Waals surface area contributed by atoms with Gasteiger partial charge in [0.2, 0.25) is 0 Å². The molecule has 2 aromatic rings. The maximum Gasteiger partial charge on any atom is 0.0571 e. The molecule has 80 valence electrons. The maximum atomic E-state index is 3.57. The average Bonchev–Trinajstić information content (AvgIpc) is 2.73. The first-order valence-corrected chi connectivity index (χ1v) is 6.41. The van der Waals surface area contributed by atoms with Crippen LogP contribution in [0.1, 0.15) is 23.1 Å². The third kappa shape index (κ3) is 1.42. The van der Waals surface area contributed by atoms with Crippen molar-refractivity contribution < 1.29 is 0 Å². The van der Waals surface area contributed by atoms with Gasteiger partial charge in [-0.05, 0) is 19.5 Å². The minimum absolute atomic E-state index is 1.13. The second kappa shape index (κ2) is 3.35. The molecule has 2 nitrogen and oxygen atoms in total. The van der Waals surface area contributed by atoms with Crippen LogP contribution in [0.4, 0.5) is 0 Å². The van der Waals surface area contributed by atoms with E-state index in [9.17, 15) is 0 Å². The molecule has 0 saturated carbocycles. The van der Waals surface area contributed by atoms with Crippen LogP contribution < -0.4 is 0 Å². The van der Waals surface area contributed by atoms with Crippen LogP contribution >= 0.6 is 11.3 Å². The zero-order valence-corrected chi connectivity index (χ0v) is 10.1. The van der Waals surface area contributed by atoms with E-state index in [-0.39, 0.29) is 0 Å². The molecule has 0 unspecified atom stereocenters. The molecule has 15 heavy (non-hydrogen) atoms. The number of aromatic nitrogens is 1. The Labute approximate surface area is 93.9 Å². The van der Waals surface area contributed by atoms with Crippen LogP contribution in [0.2, 0.25) is 0 Å². The van der Waals surface area contributed by atoms with E-state index in [1.807, 2.05) is 11.3 Å². The van der Waals surface area contributed by atoms with Crippen LogP contribution in [0.25, 0.3) is 10.2 Å². The summed E-state index contributed by atoms with van der Waals surface area (Å²) in [5, 5.41) is 0. The minimum Gasteiger partial charge on any atom is -0.357 e. The van der Waals surface area contributed by atoms with Crippen molar-refractivity contribution in [2.24, 2.45) is 0 Å². The minimum atomic E-state index is 1.13. The molecule has 0 spiro atoms. The molecule has 0 amide bonds. The number of hydrogen-bond acceptors (Lipinski definition) is 2. The Morgan fingerprint density at radius 2 is 2.40 bits per heavy atom. The maximum absolute atomic E-state index is 3.57. The van der Waals surface area contributed by atoms with E-state index in [4.69, 9.17) is 0 Å². The predicted octanol–water partition coefficient (Wildman–Crippen LogP) is 2.92. The Bertz CT molecular complexity index is 495. The van der Waals surface area contributed by atoms with Crippen molar-refractivity contribution in [1.29, 1.82) is 0 Å². The van der Waals surface area contributed by atoms with E-state index < -0.39 is 0 Å². The number of likely N-dealkylation sites (N-methyl/N-ethyl adjacent to an activating group) is 1. The number of aryl methyl sites for hydroxylation is 1. The summed E-state index contributed by atoms with van der Waals surface area (Å²) in [5.41, 5.74) is 4.37. The highest BCUT2D eigenvalue weighted by Gasteiger charge is 2.20. The van der Waals surface area contributed by atoms with Crippen LogP contribution in [0.3, 0.4) is 0 Å². The van der Waals surface area contributed by atoms with Gasteiger partial charge in [0, 0.05) is 35.6 Å². The lowest BCUT2D eigenvalue weighted by atomic mass is 10.1. The quantitative estimate of drug-likeness (QED) is 0.783. The molecule has 0 bridgehead atoms. The summed E-state index contributed by atoms with van der Waals surface area (Å²) >= 11 is 1.93. The van der Waals surface area contributed by atoms with Gasteiger partial charge in [-0.25, -0.2) is 0 Å². The molecule has 3 rings (SSSR count). The van der Waals surface area contributed by atoms with Crippen molar-refractivity contribution >= 4 is 21.6 Å². The van der Waals surface area contributed by atoms with Crippen molar-refractivity contribution in [3.8, 4) is 0 Å². The first kappa shape index (κ1) is 9.43. The van der Waals surface area contributed by atoms with E-state index in [1.54, 1.807) is 5.56 Å². The smallest absolute Gasteiger partial charge is 0.0571 e. The number of nitrogens with one attached hydrogen (secondary N) is 1. The summed E-state index contributed by atoms with van der Waals surface area (Å²) in [4.78, 5) is 7.49. The number of fused-ring (bicyclic) bond motifs is 3.